The number of rotatable bonds is 5. The monoisotopic (exact) mass is 308 g/mol. The van der Waals surface area contributed by atoms with Gasteiger partial charge < -0.3 is 5.11 Å². The molecule has 0 saturated heterocycles. The highest BCUT2D eigenvalue weighted by atomic mass is 16.3. The van der Waals surface area contributed by atoms with Gasteiger partial charge in [-0.25, -0.2) is 0 Å². The quantitative estimate of drug-likeness (QED) is 0.737. The van der Waals surface area contributed by atoms with Crippen molar-refractivity contribution >= 4 is 0 Å². The predicted molar refractivity (Wildman–Crippen MR) is 101 cm³/mol. The molecule has 2 aromatic rings. The Morgan fingerprint density at radius 1 is 0.696 bits per heavy atom. The second-order valence-electron chi connectivity index (χ2n) is 6.41. The van der Waals surface area contributed by atoms with E-state index >= 15 is 0 Å². The fraction of sp³-hybridized carbons (Fsp3) is 0.273. The first-order valence-electron chi connectivity index (χ1n) is 8.07. The molecule has 0 atom stereocenters. The van der Waals surface area contributed by atoms with Crippen molar-refractivity contribution in [2.45, 2.75) is 39.2 Å². The maximum absolute atomic E-state index is 8.52. The van der Waals surface area contributed by atoms with Crippen LogP contribution in [0, 0.1) is 0 Å². The summed E-state index contributed by atoms with van der Waals surface area (Å²) >= 11 is 0. The van der Waals surface area contributed by atoms with Crippen molar-refractivity contribution in [3.05, 3.63) is 96.1 Å². The molecule has 1 heteroatoms. The molecule has 0 aromatic heterocycles. The Labute approximate surface area is 141 Å². The van der Waals surface area contributed by atoms with E-state index < -0.39 is 5.60 Å². The largest absolute Gasteiger partial charge is 0.391 e. The van der Waals surface area contributed by atoms with E-state index in [1.165, 1.54) is 11.1 Å². The van der Waals surface area contributed by atoms with Crippen LogP contribution in [-0.2, 0) is 12.8 Å². The molecular weight excluding hydrogens is 280 g/mol. The summed E-state index contributed by atoms with van der Waals surface area (Å²) in [6, 6.07) is 21.0. The summed E-state index contributed by atoms with van der Waals surface area (Å²) in [7, 11) is 0. The average Bonchev–Trinajstić information content (AvgIpc) is 2.51. The van der Waals surface area contributed by atoms with Gasteiger partial charge in [0.2, 0.25) is 0 Å². The number of allylic oxidation sites excluding steroid dienone is 4. The zero-order chi connectivity index (χ0) is 17.0. The smallest absolute Gasteiger partial charge is 0.0563 e. The Bertz CT molecular complexity index is 519. The van der Waals surface area contributed by atoms with E-state index in [2.05, 4.69) is 72.8 Å². The van der Waals surface area contributed by atoms with E-state index in [9.17, 15) is 0 Å². The number of hydrogen-bond acceptors (Lipinski definition) is 1. The lowest BCUT2D eigenvalue weighted by atomic mass is 10.1. The third kappa shape index (κ3) is 12.1. The van der Waals surface area contributed by atoms with Crippen LogP contribution in [0.4, 0.5) is 0 Å². The molecule has 0 radical (unpaired) electrons. The van der Waals surface area contributed by atoms with Crippen molar-refractivity contribution in [3.63, 3.8) is 0 Å². The van der Waals surface area contributed by atoms with E-state index in [4.69, 9.17) is 5.11 Å². The Morgan fingerprint density at radius 3 is 1.30 bits per heavy atom. The van der Waals surface area contributed by atoms with Crippen LogP contribution in [0.15, 0.2) is 85.0 Å². The molecule has 0 fully saturated rings. The lowest BCUT2D eigenvalue weighted by molar-refractivity contribution is 0.102. The lowest BCUT2D eigenvalue weighted by Crippen LogP contribution is -2.10. The molecule has 0 heterocycles. The van der Waals surface area contributed by atoms with E-state index in [1.807, 2.05) is 12.1 Å². The summed E-state index contributed by atoms with van der Waals surface area (Å²) in [6.45, 7) is 5.23. The van der Waals surface area contributed by atoms with Crippen molar-refractivity contribution in [2.24, 2.45) is 0 Å². The van der Waals surface area contributed by atoms with Crippen LogP contribution in [0.1, 0.15) is 31.9 Å². The van der Waals surface area contributed by atoms with Gasteiger partial charge in [0, 0.05) is 0 Å². The minimum absolute atomic E-state index is 0.500. The maximum Gasteiger partial charge on any atom is 0.0563 e. The molecule has 0 spiro atoms. The van der Waals surface area contributed by atoms with Crippen LogP contribution in [-0.4, -0.2) is 10.7 Å². The lowest BCUT2D eigenvalue weighted by Gasteiger charge is -2.04. The highest BCUT2D eigenvalue weighted by molar-refractivity contribution is 5.20. The zero-order valence-corrected chi connectivity index (χ0v) is 14.4. The maximum atomic E-state index is 8.52. The van der Waals surface area contributed by atoms with Crippen LogP contribution in [0.5, 0.6) is 0 Å². The third-order valence-corrected chi connectivity index (χ3v) is 2.78. The normalized spacial score (nSPS) is 11.5. The van der Waals surface area contributed by atoms with Crippen LogP contribution in [0.25, 0.3) is 0 Å². The SMILES string of the molecule is C(C=CCc1ccccc1)=CCc1ccccc1.CC(C)(C)O. The first-order chi connectivity index (χ1) is 10.9. The van der Waals surface area contributed by atoms with Crippen molar-refractivity contribution in [3.8, 4) is 0 Å². The van der Waals surface area contributed by atoms with E-state index in [0.717, 1.165) is 12.8 Å². The molecule has 1 nitrogen and oxygen atoms in total. The molecule has 0 amide bonds. The standard InChI is InChI=1S/C18H18.C4H10O/c1(5-11-17-13-7-3-8-14-17)2-6-12-18-15-9-4-10-16-18;1-4(2,3)5/h1-10,13-16H,11-12H2;5H,1-3H3. The molecular formula is C22H28O. The molecule has 0 aliphatic carbocycles. The predicted octanol–water partition coefficient (Wildman–Crippen LogP) is 5.36. The summed E-state index contributed by atoms with van der Waals surface area (Å²) in [5, 5.41) is 8.52. The van der Waals surface area contributed by atoms with Crippen LogP contribution < -0.4 is 0 Å². The number of aliphatic hydroxyl groups is 1. The first kappa shape index (κ1) is 18.9. The first-order valence-corrected chi connectivity index (χ1v) is 8.07. The number of benzene rings is 2. The molecule has 0 unspecified atom stereocenters. The topological polar surface area (TPSA) is 20.2 Å². The molecule has 122 valence electrons. The molecule has 2 aromatic carbocycles. The van der Waals surface area contributed by atoms with E-state index in [0.29, 0.717) is 0 Å². The molecule has 0 saturated carbocycles. The molecule has 0 aliphatic heterocycles. The Morgan fingerprint density at radius 2 is 1.00 bits per heavy atom. The highest BCUT2D eigenvalue weighted by Crippen LogP contribution is 2.02. The molecule has 2 rings (SSSR count). The van der Waals surface area contributed by atoms with Crippen molar-refractivity contribution in [1.82, 2.24) is 0 Å². The van der Waals surface area contributed by atoms with Crippen molar-refractivity contribution in [1.29, 1.82) is 0 Å². The van der Waals surface area contributed by atoms with Gasteiger partial charge in [-0.1, -0.05) is 85.0 Å². The second-order valence-corrected chi connectivity index (χ2v) is 6.41. The van der Waals surface area contributed by atoms with E-state index in [-0.39, 0.29) is 0 Å². The minimum Gasteiger partial charge on any atom is -0.391 e. The molecule has 0 aliphatic rings. The third-order valence-electron chi connectivity index (χ3n) is 2.78. The minimum atomic E-state index is -0.500. The van der Waals surface area contributed by atoms with Gasteiger partial charge in [-0.15, -0.1) is 0 Å². The van der Waals surface area contributed by atoms with Gasteiger partial charge in [-0.2, -0.15) is 0 Å². The Hall–Kier alpha value is -2.12. The van der Waals surface area contributed by atoms with Gasteiger partial charge in [-0.3, -0.25) is 0 Å². The summed E-state index contributed by atoms with van der Waals surface area (Å²) in [5.41, 5.74) is 2.20. The summed E-state index contributed by atoms with van der Waals surface area (Å²) < 4.78 is 0. The number of hydrogen-bond donors (Lipinski definition) is 1. The zero-order valence-electron chi connectivity index (χ0n) is 14.4. The van der Waals surface area contributed by atoms with Crippen molar-refractivity contribution < 1.29 is 5.11 Å². The summed E-state index contributed by atoms with van der Waals surface area (Å²) in [5.74, 6) is 0. The molecule has 23 heavy (non-hydrogen) atoms. The van der Waals surface area contributed by atoms with Crippen LogP contribution >= 0.6 is 0 Å². The Balaban J connectivity index is 0.000000463. The fourth-order valence-electron chi connectivity index (χ4n) is 1.79. The van der Waals surface area contributed by atoms with Crippen LogP contribution in [0.2, 0.25) is 0 Å². The van der Waals surface area contributed by atoms with Gasteiger partial charge in [0.25, 0.3) is 0 Å². The van der Waals surface area contributed by atoms with Gasteiger partial charge in [0.05, 0.1) is 5.60 Å². The molecule has 0 bridgehead atoms. The van der Waals surface area contributed by atoms with Gasteiger partial charge >= 0.3 is 0 Å². The fourth-order valence-corrected chi connectivity index (χ4v) is 1.79. The van der Waals surface area contributed by atoms with E-state index in [1.54, 1.807) is 20.8 Å². The summed E-state index contributed by atoms with van der Waals surface area (Å²) in [6.07, 6.45) is 10.6. The van der Waals surface area contributed by atoms with Gasteiger partial charge in [0.1, 0.15) is 0 Å². The second kappa shape index (κ2) is 10.6. The van der Waals surface area contributed by atoms with Crippen LogP contribution in [0.3, 0.4) is 0 Å². The van der Waals surface area contributed by atoms with Crippen molar-refractivity contribution in [2.75, 3.05) is 0 Å². The highest BCUT2D eigenvalue weighted by Gasteiger charge is 1.97. The summed E-state index contributed by atoms with van der Waals surface area (Å²) in [4.78, 5) is 0. The average molecular weight is 308 g/mol. The van der Waals surface area contributed by atoms with Gasteiger partial charge in [-0.05, 0) is 44.7 Å². The Kier molecular flexibility index (Phi) is 8.71. The molecule has 1 N–H and O–H groups in total. The van der Waals surface area contributed by atoms with Gasteiger partial charge in [0.15, 0.2) is 0 Å².